The van der Waals surface area contributed by atoms with Gasteiger partial charge in [0.1, 0.15) is 16.5 Å². The molecule has 0 bridgehead atoms. The van der Waals surface area contributed by atoms with Gasteiger partial charge in [0.15, 0.2) is 0 Å². The predicted octanol–water partition coefficient (Wildman–Crippen LogP) is 6.12. The van der Waals surface area contributed by atoms with Crippen molar-refractivity contribution in [2.24, 2.45) is 5.16 Å². The van der Waals surface area contributed by atoms with Crippen molar-refractivity contribution in [2.45, 2.75) is 33.6 Å². The number of carbonyl (C=O) groups is 2. The molecule has 2 amide bonds. The van der Waals surface area contributed by atoms with Crippen molar-refractivity contribution < 1.29 is 14.8 Å². The summed E-state index contributed by atoms with van der Waals surface area (Å²) in [5.74, 6) is -1.28. The average Bonchev–Trinajstić information content (AvgIpc) is 3.05. The Balaban J connectivity index is 1.62. The highest BCUT2D eigenvalue weighted by Crippen LogP contribution is 2.38. The van der Waals surface area contributed by atoms with E-state index in [-0.39, 0.29) is 13.1 Å². The number of hydrogen-bond donors (Lipinski definition) is 1. The van der Waals surface area contributed by atoms with Crippen molar-refractivity contribution in [2.75, 3.05) is 0 Å². The van der Waals surface area contributed by atoms with Crippen molar-refractivity contribution in [3.05, 3.63) is 132 Å². The van der Waals surface area contributed by atoms with Gasteiger partial charge in [-0.1, -0.05) is 126 Å². The summed E-state index contributed by atoms with van der Waals surface area (Å²) in [5.41, 5.74) is 2.07. The molecule has 4 aromatic carbocycles. The first-order valence-electron chi connectivity index (χ1n) is 12.5. The molecule has 1 aliphatic rings. The van der Waals surface area contributed by atoms with Crippen LogP contribution in [-0.2, 0) is 22.7 Å². The summed E-state index contributed by atoms with van der Waals surface area (Å²) in [6.45, 7) is 0.383. The third kappa shape index (κ3) is 6.35. The fourth-order valence-electron chi connectivity index (χ4n) is 4.37. The highest BCUT2D eigenvalue weighted by molar-refractivity contribution is 8.02. The molecule has 1 heterocycles. The number of carbonyl (C=O) groups excluding carboxylic acids is 2. The van der Waals surface area contributed by atoms with Gasteiger partial charge in [-0.3, -0.25) is 9.59 Å². The number of amides is 2. The quantitative estimate of drug-likeness (QED) is 0.162. The van der Waals surface area contributed by atoms with Crippen molar-refractivity contribution >= 4 is 41.0 Å². The second-order valence-corrected chi connectivity index (χ2v) is 11.2. The van der Waals surface area contributed by atoms with Crippen LogP contribution in [0.25, 0.3) is 0 Å². The molecule has 0 radical (unpaired) electrons. The molecule has 2 unspecified atom stereocenters. The first-order valence-corrected chi connectivity index (χ1v) is 14.2. The standard InChI is InChI=1S/C31H27N3O3S2/c35-28-29(36)34(22-24-15-7-2-8-16-24)31(39-26-19-11-4-12-20-26)27(32-37)30(38-25-17-9-3-10-18-25)33(28)21-23-13-5-1-6-14-23/h1-20,30-31,37H,21-22H2. The number of thioether (sulfide) groups is 2. The first-order chi connectivity index (χ1) is 19.1. The second-order valence-electron chi connectivity index (χ2n) is 8.93. The molecule has 1 N–H and O–H groups in total. The predicted molar refractivity (Wildman–Crippen MR) is 155 cm³/mol. The number of oxime groups is 1. The fraction of sp³-hybridized carbons (Fsp3) is 0.129. The molecule has 0 aliphatic carbocycles. The van der Waals surface area contributed by atoms with Crippen LogP contribution in [-0.4, -0.2) is 43.3 Å². The zero-order valence-electron chi connectivity index (χ0n) is 21.0. The van der Waals surface area contributed by atoms with E-state index < -0.39 is 22.6 Å². The first kappa shape index (κ1) is 26.6. The third-order valence-electron chi connectivity index (χ3n) is 6.27. The van der Waals surface area contributed by atoms with Crippen molar-refractivity contribution in [3.63, 3.8) is 0 Å². The van der Waals surface area contributed by atoms with E-state index in [9.17, 15) is 14.8 Å². The summed E-state index contributed by atoms with van der Waals surface area (Å²) in [4.78, 5) is 32.8. The fourth-order valence-corrected chi connectivity index (χ4v) is 6.79. The van der Waals surface area contributed by atoms with E-state index >= 15 is 0 Å². The minimum Gasteiger partial charge on any atom is -0.411 e. The Morgan fingerprint density at radius 3 is 1.23 bits per heavy atom. The molecule has 6 nitrogen and oxygen atoms in total. The minimum absolute atomic E-state index is 0.191. The molecule has 0 saturated carbocycles. The van der Waals surface area contributed by atoms with Gasteiger partial charge in [0, 0.05) is 22.9 Å². The lowest BCUT2D eigenvalue weighted by atomic mass is 10.2. The molecule has 1 saturated heterocycles. The summed E-state index contributed by atoms with van der Waals surface area (Å²) in [7, 11) is 0. The smallest absolute Gasteiger partial charge is 0.313 e. The minimum atomic E-state index is -0.726. The Kier molecular flexibility index (Phi) is 8.65. The Hall–Kier alpha value is -4.01. The Morgan fingerprint density at radius 2 is 0.897 bits per heavy atom. The van der Waals surface area contributed by atoms with Crippen molar-refractivity contribution in [1.29, 1.82) is 0 Å². The second kappa shape index (κ2) is 12.7. The van der Waals surface area contributed by atoms with E-state index in [2.05, 4.69) is 5.16 Å². The number of benzene rings is 4. The van der Waals surface area contributed by atoms with Gasteiger partial charge >= 0.3 is 11.8 Å². The summed E-state index contributed by atoms with van der Waals surface area (Å²) in [5, 5.41) is 12.9. The van der Waals surface area contributed by atoms with E-state index in [0.717, 1.165) is 20.9 Å². The summed E-state index contributed by atoms with van der Waals surface area (Å²) in [6.07, 6.45) is 0. The summed E-state index contributed by atoms with van der Waals surface area (Å²) in [6, 6.07) is 38.4. The van der Waals surface area contributed by atoms with E-state index in [1.165, 1.54) is 33.3 Å². The maximum absolute atomic E-state index is 14.0. The highest BCUT2D eigenvalue weighted by Gasteiger charge is 2.46. The maximum Gasteiger partial charge on any atom is 0.313 e. The third-order valence-corrected chi connectivity index (χ3v) is 8.79. The molecular formula is C31H27N3O3S2. The number of hydrogen-bond acceptors (Lipinski definition) is 6. The number of rotatable bonds is 8. The largest absolute Gasteiger partial charge is 0.411 e. The Labute approximate surface area is 236 Å². The zero-order valence-corrected chi connectivity index (χ0v) is 22.7. The van der Waals surface area contributed by atoms with Crippen LogP contribution in [0.1, 0.15) is 11.1 Å². The lowest BCUT2D eigenvalue weighted by Crippen LogP contribution is -2.44. The van der Waals surface area contributed by atoms with Gasteiger partial charge < -0.3 is 15.0 Å². The molecule has 0 spiro atoms. The van der Waals surface area contributed by atoms with Gasteiger partial charge in [-0.05, 0) is 35.4 Å². The molecule has 5 rings (SSSR count). The lowest BCUT2D eigenvalue weighted by molar-refractivity contribution is -0.151. The average molecular weight is 554 g/mol. The van der Waals surface area contributed by atoms with Crippen LogP contribution in [0.4, 0.5) is 0 Å². The highest BCUT2D eigenvalue weighted by atomic mass is 32.2. The molecule has 1 aliphatic heterocycles. The Morgan fingerprint density at radius 1 is 0.564 bits per heavy atom. The van der Waals surface area contributed by atoms with Crippen molar-refractivity contribution in [3.8, 4) is 0 Å². The molecule has 39 heavy (non-hydrogen) atoms. The van der Waals surface area contributed by atoms with Crippen LogP contribution in [0.2, 0.25) is 0 Å². The molecule has 4 aromatic rings. The van der Waals surface area contributed by atoms with Crippen LogP contribution in [0.5, 0.6) is 0 Å². The normalized spacial score (nSPS) is 17.7. The van der Waals surface area contributed by atoms with Gasteiger partial charge in [-0.25, -0.2) is 0 Å². The summed E-state index contributed by atoms with van der Waals surface area (Å²) < 4.78 is 0. The maximum atomic E-state index is 14.0. The van der Waals surface area contributed by atoms with E-state index in [1.54, 1.807) is 0 Å². The molecule has 2 atom stereocenters. The molecule has 0 aromatic heterocycles. The van der Waals surface area contributed by atoms with Crippen molar-refractivity contribution in [1.82, 2.24) is 9.80 Å². The molecule has 1 fully saturated rings. The van der Waals surface area contributed by atoms with Gasteiger partial charge in [0.2, 0.25) is 0 Å². The zero-order chi connectivity index (χ0) is 27.0. The van der Waals surface area contributed by atoms with Crippen LogP contribution >= 0.6 is 23.5 Å². The molecular weight excluding hydrogens is 526 g/mol. The van der Waals surface area contributed by atoms with Crippen LogP contribution in [0, 0.1) is 0 Å². The topological polar surface area (TPSA) is 73.2 Å². The van der Waals surface area contributed by atoms with Gasteiger partial charge in [-0.15, -0.1) is 0 Å². The monoisotopic (exact) mass is 553 g/mol. The SMILES string of the molecule is O=C1C(=O)N(Cc2ccccc2)C(Sc2ccccc2)C(=NO)C(Sc2ccccc2)N1Cc1ccccc1. The van der Waals surface area contributed by atoms with E-state index in [0.29, 0.717) is 5.71 Å². The molecule has 196 valence electrons. The van der Waals surface area contributed by atoms with Crippen LogP contribution in [0.15, 0.2) is 136 Å². The van der Waals surface area contributed by atoms with Gasteiger partial charge in [0.05, 0.1) is 0 Å². The Bertz CT molecular complexity index is 1310. The van der Waals surface area contributed by atoms with Crippen LogP contribution < -0.4 is 0 Å². The number of nitrogens with zero attached hydrogens (tertiary/aromatic N) is 3. The molecule has 8 heteroatoms. The lowest BCUT2D eigenvalue weighted by Gasteiger charge is -2.31. The van der Waals surface area contributed by atoms with E-state index in [1.807, 2.05) is 121 Å². The van der Waals surface area contributed by atoms with E-state index in [4.69, 9.17) is 0 Å². The summed E-state index contributed by atoms with van der Waals surface area (Å²) >= 11 is 2.78. The van der Waals surface area contributed by atoms with Gasteiger partial charge in [-0.2, -0.15) is 0 Å². The van der Waals surface area contributed by atoms with Crippen LogP contribution in [0.3, 0.4) is 0 Å². The van der Waals surface area contributed by atoms with Gasteiger partial charge in [0.25, 0.3) is 0 Å².